The maximum absolute atomic E-state index is 13.5. The highest BCUT2D eigenvalue weighted by Crippen LogP contribution is 2.35. The number of aliphatic hydroxyl groups excluding tert-OH is 1. The average molecular weight is 572 g/mol. The van der Waals surface area contributed by atoms with Gasteiger partial charge >= 0.3 is 0 Å². The minimum absolute atomic E-state index is 0.0303. The van der Waals surface area contributed by atoms with Crippen molar-refractivity contribution in [2.75, 3.05) is 13.1 Å². The van der Waals surface area contributed by atoms with Crippen molar-refractivity contribution in [2.24, 2.45) is 0 Å². The minimum atomic E-state index is -0.846. The van der Waals surface area contributed by atoms with Crippen LogP contribution in [0.25, 0.3) is 0 Å². The predicted molar refractivity (Wildman–Crippen MR) is 161 cm³/mol. The van der Waals surface area contributed by atoms with Crippen LogP contribution in [-0.4, -0.2) is 57.3 Å². The summed E-state index contributed by atoms with van der Waals surface area (Å²) in [5, 5.41) is 26.6. The van der Waals surface area contributed by atoms with Gasteiger partial charge in [0.2, 0.25) is 0 Å². The first-order chi connectivity index (χ1) is 20.0. The van der Waals surface area contributed by atoms with Gasteiger partial charge in [-0.05, 0) is 60.9 Å². The van der Waals surface area contributed by atoms with E-state index >= 15 is 0 Å². The highest BCUT2D eigenvalue weighted by Gasteiger charge is 2.31. The standard InChI is InChI=1S/C32H37N5O3S/c1-2-26(25-19-34-35-20-25)33-21-29(38)27(17-22-9-4-3-5-10-22)36-31(39)23-11-6-12-24(18-23)32(40)37-15-7-13-28(37)30-14-8-16-41-30/h3-6,8-12,14,16,18-20,26-29,33,38H,2,7,13,15,17,21H2,1H3,(H,34,35)(H,36,39)/t26?,27-,28?,29+/m0/s1. The van der Waals surface area contributed by atoms with Crippen LogP contribution in [0.3, 0.4) is 0 Å². The van der Waals surface area contributed by atoms with Gasteiger partial charge in [0.05, 0.1) is 24.4 Å². The van der Waals surface area contributed by atoms with Crippen LogP contribution in [0.4, 0.5) is 0 Å². The third-order valence-corrected chi connectivity index (χ3v) is 8.71. The van der Waals surface area contributed by atoms with E-state index in [0.717, 1.165) is 30.4 Å². The molecule has 1 aliphatic rings. The lowest BCUT2D eigenvalue weighted by molar-refractivity contribution is 0.0737. The molecule has 4 N–H and O–H groups in total. The lowest BCUT2D eigenvalue weighted by Crippen LogP contribution is -2.49. The second-order valence-corrected chi connectivity index (χ2v) is 11.5. The van der Waals surface area contributed by atoms with Crippen molar-refractivity contribution < 1.29 is 14.7 Å². The molecule has 4 atom stereocenters. The van der Waals surface area contributed by atoms with Crippen LogP contribution in [0, 0.1) is 0 Å². The Hall–Kier alpha value is -3.79. The Balaban J connectivity index is 1.29. The van der Waals surface area contributed by atoms with Gasteiger partial charge < -0.3 is 20.6 Å². The number of hydrogen-bond donors (Lipinski definition) is 4. The molecule has 0 bridgehead atoms. The lowest BCUT2D eigenvalue weighted by Gasteiger charge is -2.27. The van der Waals surface area contributed by atoms with Gasteiger partial charge in [0.15, 0.2) is 0 Å². The number of carbonyl (C=O) groups is 2. The molecule has 9 heteroatoms. The number of thiophene rings is 1. The number of hydrogen-bond acceptors (Lipinski definition) is 6. The molecule has 41 heavy (non-hydrogen) atoms. The van der Waals surface area contributed by atoms with E-state index in [1.807, 2.05) is 52.9 Å². The molecule has 1 saturated heterocycles. The number of aromatic amines is 1. The molecule has 1 aliphatic heterocycles. The number of amides is 2. The summed E-state index contributed by atoms with van der Waals surface area (Å²) < 4.78 is 0. The van der Waals surface area contributed by atoms with Crippen molar-refractivity contribution in [3.8, 4) is 0 Å². The molecule has 0 aliphatic carbocycles. The first-order valence-electron chi connectivity index (χ1n) is 14.2. The van der Waals surface area contributed by atoms with E-state index in [2.05, 4.69) is 33.8 Å². The minimum Gasteiger partial charge on any atom is -0.390 e. The predicted octanol–water partition coefficient (Wildman–Crippen LogP) is 4.89. The van der Waals surface area contributed by atoms with Gasteiger partial charge in [0.25, 0.3) is 11.8 Å². The van der Waals surface area contributed by atoms with Crippen LogP contribution in [0.1, 0.15) is 75.0 Å². The zero-order valence-electron chi connectivity index (χ0n) is 23.2. The Kier molecular flexibility index (Phi) is 9.61. The highest BCUT2D eigenvalue weighted by atomic mass is 32.1. The summed E-state index contributed by atoms with van der Waals surface area (Å²) in [5.41, 5.74) is 2.92. The molecule has 4 aromatic rings. The number of carbonyl (C=O) groups excluding carboxylic acids is 2. The number of likely N-dealkylation sites (tertiary alicyclic amines) is 1. The van der Waals surface area contributed by atoms with E-state index in [0.29, 0.717) is 30.6 Å². The largest absolute Gasteiger partial charge is 0.390 e. The Morgan fingerprint density at radius 3 is 2.68 bits per heavy atom. The van der Waals surface area contributed by atoms with E-state index in [4.69, 9.17) is 0 Å². The number of benzene rings is 2. The number of nitrogens with zero attached hydrogens (tertiary/aromatic N) is 2. The Morgan fingerprint density at radius 1 is 1.12 bits per heavy atom. The molecule has 2 unspecified atom stereocenters. The first-order valence-corrected chi connectivity index (χ1v) is 15.1. The van der Waals surface area contributed by atoms with Crippen LogP contribution < -0.4 is 10.6 Å². The molecule has 214 valence electrons. The van der Waals surface area contributed by atoms with Gasteiger partial charge in [-0.3, -0.25) is 14.7 Å². The fourth-order valence-electron chi connectivity index (χ4n) is 5.50. The summed E-state index contributed by atoms with van der Waals surface area (Å²) in [7, 11) is 0. The molecule has 3 heterocycles. The van der Waals surface area contributed by atoms with Crippen molar-refractivity contribution in [1.29, 1.82) is 0 Å². The summed E-state index contributed by atoms with van der Waals surface area (Å²) in [5.74, 6) is -0.386. The summed E-state index contributed by atoms with van der Waals surface area (Å²) in [4.78, 5) is 30.1. The Bertz CT molecular complexity index is 1390. The van der Waals surface area contributed by atoms with Gasteiger partial charge in [-0.15, -0.1) is 11.3 Å². The van der Waals surface area contributed by atoms with Crippen LogP contribution in [0.15, 0.2) is 84.5 Å². The van der Waals surface area contributed by atoms with E-state index < -0.39 is 12.1 Å². The van der Waals surface area contributed by atoms with E-state index in [9.17, 15) is 14.7 Å². The second kappa shape index (κ2) is 13.7. The van der Waals surface area contributed by atoms with Gasteiger partial charge in [0, 0.05) is 46.9 Å². The molecular weight excluding hydrogens is 534 g/mol. The molecule has 0 radical (unpaired) electrons. The first kappa shape index (κ1) is 28.7. The summed E-state index contributed by atoms with van der Waals surface area (Å²) in [6, 6.07) is 20.4. The molecule has 0 saturated carbocycles. The topological polar surface area (TPSA) is 110 Å². The zero-order chi connectivity index (χ0) is 28.6. The van der Waals surface area contributed by atoms with Gasteiger partial charge in [-0.1, -0.05) is 49.4 Å². The molecule has 2 aromatic carbocycles. The number of rotatable bonds is 12. The second-order valence-electron chi connectivity index (χ2n) is 10.5. The van der Waals surface area contributed by atoms with Gasteiger partial charge in [-0.25, -0.2) is 0 Å². The fourth-order valence-corrected chi connectivity index (χ4v) is 6.38. The Morgan fingerprint density at radius 2 is 1.95 bits per heavy atom. The summed E-state index contributed by atoms with van der Waals surface area (Å²) >= 11 is 1.67. The highest BCUT2D eigenvalue weighted by molar-refractivity contribution is 7.10. The SMILES string of the molecule is CCC(NC[C@@H](O)[C@H](Cc1ccccc1)NC(=O)c1cccc(C(=O)N2CCCC2c2cccs2)c1)c1cn[nH]c1. The van der Waals surface area contributed by atoms with Crippen molar-refractivity contribution in [3.05, 3.63) is 112 Å². The molecule has 8 nitrogen and oxygen atoms in total. The van der Waals surface area contributed by atoms with Crippen LogP contribution in [0.2, 0.25) is 0 Å². The Labute approximate surface area is 244 Å². The lowest BCUT2D eigenvalue weighted by atomic mass is 9.99. The number of aromatic nitrogens is 2. The maximum atomic E-state index is 13.5. The van der Waals surface area contributed by atoms with E-state index in [-0.39, 0.29) is 23.9 Å². The normalized spacial score (nSPS) is 17.2. The third kappa shape index (κ3) is 7.11. The molecule has 5 rings (SSSR count). The monoisotopic (exact) mass is 571 g/mol. The van der Waals surface area contributed by atoms with Crippen molar-refractivity contribution in [3.63, 3.8) is 0 Å². The van der Waals surface area contributed by atoms with Crippen LogP contribution >= 0.6 is 11.3 Å². The number of nitrogens with one attached hydrogen (secondary N) is 3. The molecule has 2 amide bonds. The van der Waals surface area contributed by atoms with Gasteiger partial charge in [0.1, 0.15) is 0 Å². The van der Waals surface area contributed by atoms with E-state index in [1.54, 1.807) is 41.8 Å². The maximum Gasteiger partial charge on any atom is 0.254 e. The quantitative estimate of drug-likeness (QED) is 0.194. The molecule has 1 fully saturated rings. The molecule has 0 spiro atoms. The van der Waals surface area contributed by atoms with Crippen molar-refractivity contribution in [2.45, 2.75) is 56.8 Å². The molecular formula is C32H37N5O3S. The summed E-state index contributed by atoms with van der Waals surface area (Å²) in [6.45, 7) is 3.06. The van der Waals surface area contributed by atoms with Crippen molar-refractivity contribution >= 4 is 23.2 Å². The van der Waals surface area contributed by atoms with Crippen LogP contribution in [0.5, 0.6) is 0 Å². The number of H-pyrrole nitrogens is 1. The number of aliphatic hydroxyl groups is 1. The third-order valence-electron chi connectivity index (χ3n) is 7.74. The fraction of sp³-hybridized carbons (Fsp3) is 0.344. The van der Waals surface area contributed by atoms with E-state index in [1.165, 1.54) is 4.88 Å². The zero-order valence-corrected chi connectivity index (χ0v) is 24.0. The van der Waals surface area contributed by atoms with Gasteiger partial charge in [-0.2, -0.15) is 5.10 Å². The molecule has 2 aromatic heterocycles. The van der Waals surface area contributed by atoms with Crippen molar-refractivity contribution in [1.82, 2.24) is 25.7 Å². The summed E-state index contributed by atoms with van der Waals surface area (Å²) in [6.07, 6.45) is 5.96. The smallest absolute Gasteiger partial charge is 0.254 e. The average Bonchev–Trinajstić information content (AvgIpc) is 3.80. The van der Waals surface area contributed by atoms with Crippen LogP contribution in [-0.2, 0) is 6.42 Å².